The largest absolute Gasteiger partial charge is 0.416 e. The highest BCUT2D eigenvalue weighted by Gasteiger charge is 2.37. The number of carbonyl (C=O) groups is 1. The van der Waals surface area contributed by atoms with Crippen molar-refractivity contribution in [2.45, 2.75) is 30.7 Å². The Labute approximate surface area is 224 Å². The molecule has 1 N–H and O–H groups in total. The quantitative estimate of drug-likeness (QED) is 0.293. The second kappa shape index (κ2) is 11.1. The Morgan fingerprint density at radius 2 is 1.39 bits per heavy atom. The summed E-state index contributed by atoms with van der Waals surface area (Å²) in [5.41, 5.74) is -3.01. The Hall–Kier alpha value is -2.80. The van der Waals surface area contributed by atoms with Gasteiger partial charge in [0, 0.05) is 12.2 Å². The second-order valence-corrected chi connectivity index (χ2v) is 10.9. The first-order chi connectivity index (χ1) is 17.5. The van der Waals surface area contributed by atoms with E-state index in [2.05, 4.69) is 0 Å². The molecule has 0 aliphatic heterocycles. The van der Waals surface area contributed by atoms with Crippen LogP contribution in [0.1, 0.15) is 22.3 Å². The molecule has 0 spiro atoms. The van der Waals surface area contributed by atoms with Crippen LogP contribution >= 0.6 is 23.2 Å². The lowest BCUT2D eigenvalue weighted by Crippen LogP contribution is -2.37. The summed E-state index contributed by atoms with van der Waals surface area (Å²) < 4.78 is 106. The van der Waals surface area contributed by atoms with Gasteiger partial charge in [0.25, 0.3) is 0 Å². The minimum Gasteiger partial charge on any atom is -0.325 e. The van der Waals surface area contributed by atoms with Crippen molar-refractivity contribution in [2.75, 3.05) is 11.9 Å². The Morgan fingerprint density at radius 3 is 1.89 bits per heavy atom. The van der Waals surface area contributed by atoms with Gasteiger partial charge in [-0.05, 0) is 55.0 Å². The molecular weight excluding hydrogens is 581 g/mol. The molecule has 0 radical (unpaired) electrons. The van der Waals surface area contributed by atoms with E-state index in [1.54, 1.807) is 6.92 Å². The zero-order chi connectivity index (χ0) is 28.5. The van der Waals surface area contributed by atoms with Crippen molar-refractivity contribution in [3.8, 4) is 0 Å². The molecule has 0 atom stereocenters. The van der Waals surface area contributed by atoms with Crippen molar-refractivity contribution in [3.05, 3.63) is 93.0 Å². The minimum absolute atomic E-state index is 0.0892. The zero-order valence-electron chi connectivity index (χ0n) is 19.3. The Kier molecular flexibility index (Phi) is 8.71. The molecule has 0 unspecified atom stereocenters. The zero-order valence-corrected chi connectivity index (χ0v) is 21.6. The molecule has 3 rings (SSSR count). The predicted molar refractivity (Wildman–Crippen MR) is 130 cm³/mol. The Morgan fingerprint density at radius 1 is 0.842 bits per heavy atom. The van der Waals surface area contributed by atoms with Crippen molar-refractivity contribution in [2.24, 2.45) is 0 Å². The standard InChI is InChI=1S/C24H18Cl2F6N2O3S/c1-14-2-5-19(6-3-14)38(36,37)34(12-15-4-7-20(25)21(26)8-15)13-22(35)33-18-10-16(23(27,28)29)9-17(11-18)24(30,31)32/h2-11H,12-13H2,1H3,(H,33,35). The molecule has 0 heterocycles. The number of amides is 1. The fourth-order valence-corrected chi connectivity index (χ4v) is 5.02. The first-order valence-corrected chi connectivity index (χ1v) is 12.8. The number of aryl methyl sites for hydroxylation is 1. The molecule has 0 saturated heterocycles. The third-order valence-electron chi connectivity index (χ3n) is 5.19. The van der Waals surface area contributed by atoms with Crippen LogP contribution in [0.5, 0.6) is 0 Å². The summed E-state index contributed by atoms with van der Waals surface area (Å²) in [5, 5.41) is 2.23. The molecule has 204 valence electrons. The molecule has 0 bridgehead atoms. The molecule has 0 fully saturated rings. The van der Waals surface area contributed by atoms with Gasteiger partial charge in [-0.25, -0.2) is 8.42 Å². The topological polar surface area (TPSA) is 66.5 Å². The van der Waals surface area contributed by atoms with E-state index in [9.17, 15) is 39.6 Å². The molecule has 1 amide bonds. The summed E-state index contributed by atoms with van der Waals surface area (Å²) in [6.07, 6.45) is -10.3. The molecule has 14 heteroatoms. The molecule has 3 aromatic rings. The number of anilines is 1. The third-order valence-corrected chi connectivity index (χ3v) is 7.74. The number of halogens is 8. The number of carbonyl (C=O) groups excluding carboxylic acids is 1. The molecular formula is C24H18Cl2F6N2O3S. The van der Waals surface area contributed by atoms with Gasteiger partial charge in [0.2, 0.25) is 15.9 Å². The summed E-state index contributed by atoms with van der Waals surface area (Å²) in [7, 11) is -4.35. The second-order valence-electron chi connectivity index (χ2n) is 8.18. The van der Waals surface area contributed by atoms with Crippen molar-refractivity contribution in [1.29, 1.82) is 0 Å². The van der Waals surface area contributed by atoms with E-state index in [0.29, 0.717) is 22.0 Å². The van der Waals surface area contributed by atoms with E-state index in [4.69, 9.17) is 23.2 Å². The number of nitrogens with one attached hydrogen (secondary N) is 1. The maximum atomic E-state index is 13.3. The maximum Gasteiger partial charge on any atom is 0.416 e. The van der Waals surface area contributed by atoms with Crippen LogP contribution in [0, 0.1) is 6.92 Å². The summed E-state index contributed by atoms with van der Waals surface area (Å²) in [6, 6.07) is 10.4. The maximum absolute atomic E-state index is 13.3. The van der Waals surface area contributed by atoms with Crippen molar-refractivity contribution >= 4 is 44.8 Å². The summed E-state index contributed by atoms with van der Waals surface area (Å²) in [4.78, 5) is 12.6. The van der Waals surface area contributed by atoms with Gasteiger partial charge in [0.1, 0.15) is 0 Å². The van der Waals surface area contributed by atoms with Crippen LogP contribution < -0.4 is 5.32 Å². The van der Waals surface area contributed by atoms with Crippen molar-refractivity contribution < 1.29 is 39.6 Å². The van der Waals surface area contributed by atoms with Crippen LogP contribution in [-0.2, 0) is 33.7 Å². The highest BCUT2D eigenvalue weighted by atomic mass is 35.5. The number of nitrogens with zero attached hydrogens (tertiary/aromatic N) is 1. The molecule has 5 nitrogen and oxygen atoms in total. The highest BCUT2D eigenvalue weighted by Crippen LogP contribution is 2.37. The number of rotatable bonds is 7. The van der Waals surface area contributed by atoms with Crippen LogP contribution in [0.3, 0.4) is 0 Å². The number of hydrogen-bond acceptors (Lipinski definition) is 3. The fraction of sp³-hybridized carbons (Fsp3) is 0.208. The lowest BCUT2D eigenvalue weighted by molar-refractivity contribution is -0.143. The molecule has 38 heavy (non-hydrogen) atoms. The van der Waals surface area contributed by atoms with Gasteiger partial charge in [-0.2, -0.15) is 30.6 Å². The smallest absolute Gasteiger partial charge is 0.325 e. The number of sulfonamides is 1. The normalized spacial score (nSPS) is 12.6. The van der Waals surface area contributed by atoms with Gasteiger partial charge in [0.15, 0.2) is 0 Å². The SMILES string of the molecule is Cc1ccc(S(=O)(=O)N(CC(=O)Nc2cc(C(F)(F)F)cc(C(F)(F)F)c2)Cc2ccc(Cl)c(Cl)c2)cc1. The van der Waals surface area contributed by atoms with Crippen LogP contribution in [-0.4, -0.2) is 25.2 Å². The monoisotopic (exact) mass is 598 g/mol. The number of hydrogen-bond donors (Lipinski definition) is 1. The number of benzene rings is 3. The van der Waals surface area contributed by atoms with Gasteiger partial charge in [-0.15, -0.1) is 0 Å². The van der Waals surface area contributed by atoms with E-state index in [-0.39, 0.29) is 21.0 Å². The van der Waals surface area contributed by atoms with Gasteiger partial charge in [0.05, 0.1) is 32.6 Å². The van der Waals surface area contributed by atoms with E-state index in [0.717, 1.165) is 5.56 Å². The van der Waals surface area contributed by atoms with E-state index in [1.165, 1.54) is 42.5 Å². The van der Waals surface area contributed by atoms with Crippen LogP contribution in [0.15, 0.2) is 65.6 Å². The molecule has 3 aromatic carbocycles. The Bertz CT molecular complexity index is 1410. The van der Waals surface area contributed by atoms with Gasteiger partial charge in [-0.3, -0.25) is 4.79 Å². The van der Waals surface area contributed by atoms with Gasteiger partial charge in [-0.1, -0.05) is 47.0 Å². The highest BCUT2D eigenvalue weighted by molar-refractivity contribution is 7.89. The van der Waals surface area contributed by atoms with Crippen LogP contribution in [0.2, 0.25) is 10.0 Å². The van der Waals surface area contributed by atoms with E-state index < -0.39 is 58.2 Å². The average molecular weight is 599 g/mol. The molecule has 0 aliphatic carbocycles. The fourth-order valence-electron chi connectivity index (χ4n) is 3.31. The van der Waals surface area contributed by atoms with Crippen molar-refractivity contribution in [1.82, 2.24) is 4.31 Å². The Balaban J connectivity index is 1.96. The summed E-state index contributed by atoms with van der Waals surface area (Å²) in [5.74, 6) is -1.17. The molecule has 0 aliphatic rings. The van der Waals surface area contributed by atoms with E-state index >= 15 is 0 Å². The summed E-state index contributed by atoms with van der Waals surface area (Å²) >= 11 is 11.9. The summed E-state index contributed by atoms with van der Waals surface area (Å²) in [6.45, 7) is 0.382. The first kappa shape index (κ1) is 29.8. The molecule has 0 saturated carbocycles. The van der Waals surface area contributed by atoms with Crippen LogP contribution in [0.25, 0.3) is 0 Å². The average Bonchev–Trinajstić information content (AvgIpc) is 2.80. The lowest BCUT2D eigenvalue weighted by Gasteiger charge is -2.23. The number of alkyl halides is 6. The third kappa shape index (κ3) is 7.40. The lowest BCUT2D eigenvalue weighted by atomic mass is 10.1. The minimum atomic E-state index is -5.13. The van der Waals surface area contributed by atoms with E-state index in [1.807, 2.05) is 5.32 Å². The van der Waals surface area contributed by atoms with Crippen molar-refractivity contribution in [3.63, 3.8) is 0 Å². The first-order valence-electron chi connectivity index (χ1n) is 10.6. The molecule has 0 aromatic heterocycles. The van der Waals surface area contributed by atoms with Gasteiger partial charge < -0.3 is 5.32 Å². The van der Waals surface area contributed by atoms with Gasteiger partial charge >= 0.3 is 12.4 Å². The predicted octanol–water partition coefficient (Wildman–Crippen LogP) is 7.17. The van der Waals surface area contributed by atoms with Crippen LogP contribution in [0.4, 0.5) is 32.0 Å².